The zero-order valence-electron chi connectivity index (χ0n) is 7.27. The fraction of sp³-hybridized carbons (Fsp3) is 1.00. The predicted octanol–water partition coefficient (Wildman–Crippen LogP) is 3.27. The average molecular weight is 137 g/mol. The largest absolute Gasteiger partial charge is 0.117 e. The Kier molecular flexibility index (Phi) is 3.31. The molecule has 0 amide bonds. The lowest BCUT2D eigenvalue weighted by molar-refractivity contribution is 0.553. The maximum Gasteiger partial charge on any atom is 0.117 e. The minimum absolute atomic E-state index is 0.894. The molecule has 57 valence electrons. The summed E-state index contributed by atoms with van der Waals surface area (Å²) in [6.07, 6.45) is 7.12. The third-order valence-corrected chi connectivity index (χ3v) is 2.49. The van der Waals surface area contributed by atoms with E-state index in [1.54, 1.807) is 0 Å². The summed E-state index contributed by atoms with van der Waals surface area (Å²) < 4.78 is 0. The molecule has 0 aliphatic carbocycles. The highest BCUT2D eigenvalue weighted by molar-refractivity contribution is 6.39. The van der Waals surface area contributed by atoms with Gasteiger partial charge in [0.2, 0.25) is 0 Å². The van der Waals surface area contributed by atoms with Crippen molar-refractivity contribution in [2.45, 2.75) is 57.6 Å². The number of hydrogen-bond acceptors (Lipinski definition) is 0. The van der Waals surface area contributed by atoms with E-state index in [1.807, 2.05) is 0 Å². The van der Waals surface area contributed by atoms with Crippen molar-refractivity contribution in [1.29, 1.82) is 0 Å². The first-order valence-electron chi connectivity index (χ1n) is 4.68. The highest BCUT2D eigenvalue weighted by Crippen LogP contribution is 2.32. The van der Waals surface area contributed by atoms with Crippen molar-refractivity contribution in [2.75, 3.05) is 0 Å². The molecule has 1 heterocycles. The molecule has 0 nitrogen and oxygen atoms in total. The van der Waals surface area contributed by atoms with Crippen molar-refractivity contribution in [3.8, 4) is 0 Å². The Labute approximate surface area is 65.6 Å². The Morgan fingerprint density at radius 2 is 2.20 bits per heavy atom. The van der Waals surface area contributed by atoms with Gasteiger partial charge in [-0.15, -0.1) is 0 Å². The van der Waals surface area contributed by atoms with E-state index in [2.05, 4.69) is 21.1 Å². The summed E-state index contributed by atoms with van der Waals surface area (Å²) in [5, 5.41) is 0. The molecule has 0 aromatic rings. The molecule has 0 saturated carbocycles. The minimum atomic E-state index is 0.894. The van der Waals surface area contributed by atoms with Gasteiger partial charge >= 0.3 is 0 Å². The molecular weight excluding hydrogens is 119 g/mol. The lowest BCUT2D eigenvalue weighted by atomic mass is 9.49. The van der Waals surface area contributed by atoms with Crippen LogP contribution in [-0.4, -0.2) is 7.28 Å². The van der Waals surface area contributed by atoms with Crippen molar-refractivity contribution in [2.24, 2.45) is 0 Å². The summed E-state index contributed by atoms with van der Waals surface area (Å²) in [7, 11) is 2.56. The van der Waals surface area contributed by atoms with Gasteiger partial charge in [0.25, 0.3) is 0 Å². The average Bonchev–Trinajstić information content (AvgIpc) is 1.88. The molecule has 0 bridgehead atoms. The summed E-state index contributed by atoms with van der Waals surface area (Å²) >= 11 is 0. The Morgan fingerprint density at radius 3 is 2.80 bits per heavy atom. The Balaban J connectivity index is 2.18. The molecule has 1 aliphatic rings. The Bertz CT molecular complexity index is 88.7. The van der Waals surface area contributed by atoms with Crippen LogP contribution in [0, 0.1) is 0 Å². The van der Waals surface area contributed by atoms with Gasteiger partial charge in [-0.3, -0.25) is 0 Å². The minimum Gasteiger partial charge on any atom is -0.0714 e. The van der Waals surface area contributed by atoms with Crippen LogP contribution in [0.2, 0.25) is 11.6 Å². The van der Waals surface area contributed by atoms with E-state index in [4.69, 9.17) is 0 Å². The quantitative estimate of drug-likeness (QED) is 0.512. The van der Waals surface area contributed by atoms with Crippen molar-refractivity contribution in [1.82, 2.24) is 0 Å². The fourth-order valence-electron chi connectivity index (χ4n) is 1.97. The van der Waals surface area contributed by atoms with Crippen LogP contribution in [0.1, 0.15) is 46.0 Å². The lowest BCUT2D eigenvalue weighted by Gasteiger charge is -2.24. The van der Waals surface area contributed by atoms with Crippen LogP contribution in [0.25, 0.3) is 0 Å². The summed E-state index contributed by atoms with van der Waals surface area (Å²) in [5.41, 5.74) is 0. The molecule has 10 heavy (non-hydrogen) atoms. The molecule has 2 unspecified atom stereocenters. The van der Waals surface area contributed by atoms with Gasteiger partial charge in [-0.25, -0.2) is 0 Å². The standard InChI is InChI=1S/C9H18B/c1-3-5-9-7-4-6-8(2)10-9/h8-9H,3-7H2,1-2H3. The zero-order valence-corrected chi connectivity index (χ0v) is 7.27. The predicted molar refractivity (Wildman–Crippen MR) is 47.7 cm³/mol. The van der Waals surface area contributed by atoms with E-state index in [-0.39, 0.29) is 0 Å². The van der Waals surface area contributed by atoms with E-state index in [0.29, 0.717) is 0 Å². The molecular formula is C9H18B. The van der Waals surface area contributed by atoms with Gasteiger partial charge in [-0.05, 0) is 0 Å². The zero-order chi connectivity index (χ0) is 7.40. The maximum atomic E-state index is 2.56. The third kappa shape index (κ3) is 2.36. The molecule has 1 rings (SSSR count). The summed E-state index contributed by atoms with van der Waals surface area (Å²) in [6, 6.07) is 0. The van der Waals surface area contributed by atoms with Crippen molar-refractivity contribution in [3.63, 3.8) is 0 Å². The molecule has 0 N–H and O–H groups in total. The molecule has 1 aliphatic heterocycles. The summed E-state index contributed by atoms with van der Waals surface area (Å²) in [6.45, 7) is 4.63. The smallest absolute Gasteiger partial charge is 0.0714 e. The first-order valence-corrected chi connectivity index (χ1v) is 4.68. The third-order valence-electron chi connectivity index (χ3n) is 2.49. The monoisotopic (exact) mass is 137 g/mol. The summed E-state index contributed by atoms with van der Waals surface area (Å²) in [4.78, 5) is 0. The molecule has 0 aromatic carbocycles. The first-order chi connectivity index (χ1) is 4.83. The normalized spacial score (nSPS) is 33.4. The van der Waals surface area contributed by atoms with Crippen LogP contribution in [0.5, 0.6) is 0 Å². The fourth-order valence-corrected chi connectivity index (χ4v) is 1.97. The van der Waals surface area contributed by atoms with Crippen LogP contribution in [-0.2, 0) is 0 Å². The molecule has 0 spiro atoms. The van der Waals surface area contributed by atoms with E-state index in [0.717, 1.165) is 11.6 Å². The molecule has 1 saturated heterocycles. The second-order valence-electron chi connectivity index (χ2n) is 3.65. The number of rotatable bonds is 2. The van der Waals surface area contributed by atoms with Gasteiger partial charge in [0.05, 0.1) is 0 Å². The molecule has 1 fully saturated rings. The highest BCUT2D eigenvalue weighted by Gasteiger charge is 2.18. The van der Waals surface area contributed by atoms with Crippen LogP contribution >= 0.6 is 0 Å². The SMILES string of the molecule is CCCC1[B]C(C)CCC1. The van der Waals surface area contributed by atoms with Crippen molar-refractivity contribution < 1.29 is 0 Å². The van der Waals surface area contributed by atoms with Gasteiger partial charge in [-0.2, -0.15) is 0 Å². The topological polar surface area (TPSA) is 0 Å². The second kappa shape index (κ2) is 4.05. The van der Waals surface area contributed by atoms with Gasteiger partial charge in [-0.1, -0.05) is 57.6 Å². The molecule has 0 aromatic heterocycles. The molecule has 1 radical (unpaired) electrons. The van der Waals surface area contributed by atoms with Crippen molar-refractivity contribution >= 4 is 7.28 Å². The van der Waals surface area contributed by atoms with Gasteiger partial charge in [0.15, 0.2) is 0 Å². The second-order valence-corrected chi connectivity index (χ2v) is 3.65. The van der Waals surface area contributed by atoms with Crippen LogP contribution < -0.4 is 0 Å². The van der Waals surface area contributed by atoms with E-state index in [9.17, 15) is 0 Å². The molecule has 1 heteroatoms. The molecule has 2 atom stereocenters. The highest BCUT2D eigenvalue weighted by atomic mass is 14.1. The van der Waals surface area contributed by atoms with Crippen LogP contribution in [0.15, 0.2) is 0 Å². The first kappa shape index (κ1) is 8.16. The Hall–Kier alpha value is 0.0649. The van der Waals surface area contributed by atoms with Crippen molar-refractivity contribution in [3.05, 3.63) is 0 Å². The van der Waals surface area contributed by atoms with Gasteiger partial charge in [0.1, 0.15) is 7.28 Å². The Morgan fingerprint density at radius 1 is 1.40 bits per heavy atom. The maximum absolute atomic E-state index is 2.56. The van der Waals surface area contributed by atoms with Gasteiger partial charge in [0, 0.05) is 0 Å². The summed E-state index contributed by atoms with van der Waals surface area (Å²) in [5.74, 6) is 1.85. The van der Waals surface area contributed by atoms with Gasteiger partial charge < -0.3 is 0 Å². The van der Waals surface area contributed by atoms with Crippen LogP contribution in [0.4, 0.5) is 0 Å². The number of hydrogen-bond donors (Lipinski definition) is 0. The lowest BCUT2D eigenvalue weighted by Crippen LogP contribution is -2.14. The van der Waals surface area contributed by atoms with E-state index < -0.39 is 0 Å². The van der Waals surface area contributed by atoms with E-state index in [1.165, 1.54) is 32.1 Å². The van der Waals surface area contributed by atoms with Crippen LogP contribution in [0.3, 0.4) is 0 Å². The van der Waals surface area contributed by atoms with E-state index >= 15 is 0 Å².